The van der Waals surface area contributed by atoms with Gasteiger partial charge in [0.25, 0.3) is 0 Å². The number of ether oxygens (including phenoxy) is 1. The van der Waals surface area contributed by atoms with Gasteiger partial charge in [-0.05, 0) is 12.1 Å². The summed E-state index contributed by atoms with van der Waals surface area (Å²) in [5, 5.41) is 9.16. The molecule has 60 valence electrons. The summed E-state index contributed by atoms with van der Waals surface area (Å²) in [6, 6.07) is 2.96. The molecule has 0 aliphatic carbocycles. The van der Waals surface area contributed by atoms with Crippen molar-refractivity contribution in [3.05, 3.63) is 12.1 Å². The summed E-state index contributed by atoms with van der Waals surface area (Å²) in [4.78, 5) is 0. The third kappa shape index (κ3) is 1.14. The Labute approximate surface area is 64.4 Å². The van der Waals surface area contributed by atoms with E-state index in [1.54, 1.807) is 0 Å². The predicted octanol–water partition coefficient (Wildman–Crippen LogP) is 0.565. The molecule has 0 aliphatic heterocycles. The number of rotatable bonds is 1. The van der Waals surface area contributed by atoms with Crippen molar-refractivity contribution < 1.29 is 9.84 Å². The lowest BCUT2D eigenvalue weighted by Gasteiger charge is -2.07. The minimum absolute atomic E-state index is 0.000741. The van der Waals surface area contributed by atoms with Crippen molar-refractivity contribution in [2.45, 2.75) is 0 Å². The molecule has 1 aromatic carbocycles. The van der Waals surface area contributed by atoms with Gasteiger partial charge in [-0.15, -0.1) is 0 Å². The van der Waals surface area contributed by atoms with Gasteiger partial charge in [0.2, 0.25) is 0 Å². The number of phenolic OH excluding ortho intramolecular Hbond substituents is 1. The molecule has 0 heterocycles. The lowest BCUT2D eigenvalue weighted by Crippen LogP contribution is -1.97. The third-order valence-corrected chi connectivity index (χ3v) is 1.41. The van der Waals surface area contributed by atoms with Crippen LogP contribution in [0.15, 0.2) is 12.1 Å². The van der Waals surface area contributed by atoms with E-state index in [1.807, 2.05) is 0 Å². The van der Waals surface area contributed by atoms with Crippen molar-refractivity contribution in [1.82, 2.24) is 0 Å². The van der Waals surface area contributed by atoms with E-state index in [1.165, 1.54) is 19.2 Å². The summed E-state index contributed by atoms with van der Waals surface area (Å²) in [7, 11) is 1.42. The third-order valence-electron chi connectivity index (χ3n) is 1.41. The highest BCUT2D eigenvalue weighted by molar-refractivity contribution is 5.74. The molecule has 4 nitrogen and oxygen atoms in total. The molecule has 4 heteroatoms. The molecule has 11 heavy (non-hydrogen) atoms. The van der Waals surface area contributed by atoms with E-state index in [-0.39, 0.29) is 17.2 Å². The van der Waals surface area contributed by atoms with Gasteiger partial charge < -0.3 is 21.3 Å². The first-order chi connectivity index (χ1) is 5.16. The van der Waals surface area contributed by atoms with Crippen LogP contribution in [0.2, 0.25) is 0 Å². The molecule has 1 rings (SSSR count). The van der Waals surface area contributed by atoms with Crippen LogP contribution in [0.4, 0.5) is 11.4 Å². The van der Waals surface area contributed by atoms with Gasteiger partial charge in [0.1, 0.15) is 5.69 Å². The maximum Gasteiger partial charge on any atom is 0.185 e. The second-order valence-corrected chi connectivity index (χ2v) is 2.12. The Morgan fingerprint density at radius 1 is 1.36 bits per heavy atom. The standard InChI is InChI=1S/C7H10N2O2/c1-11-7-5(10)3-2-4(8)6(7)9/h2-3,10H,8-9H2,1H3. The van der Waals surface area contributed by atoms with Gasteiger partial charge in [-0.3, -0.25) is 0 Å². The van der Waals surface area contributed by atoms with Gasteiger partial charge >= 0.3 is 0 Å². The Morgan fingerprint density at radius 3 is 2.45 bits per heavy atom. The first-order valence-corrected chi connectivity index (χ1v) is 3.07. The zero-order valence-corrected chi connectivity index (χ0v) is 6.16. The quantitative estimate of drug-likeness (QED) is 0.408. The molecule has 0 aliphatic rings. The Hall–Kier alpha value is -1.58. The van der Waals surface area contributed by atoms with Gasteiger partial charge in [-0.25, -0.2) is 0 Å². The van der Waals surface area contributed by atoms with Crippen molar-refractivity contribution in [2.24, 2.45) is 0 Å². The van der Waals surface area contributed by atoms with Crippen molar-refractivity contribution in [1.29, 1.82) is 0 Å². The molecular weight excluding hydrogens is 144 g/mol. The van der Waals surface area contributed by atoms with E-state index < -0.39 is 0 Å². The topological polar surface area (TPSA) is 81.5 Å². The summed E-state index contributed by atoms with van der Waals surface area (Å²) in [6.07, 6.45) is 0. The van der Waals surface area contributed by atoms with E-state index in [0.29, 0.717) is 5.69 Å². The number of hydrogen-bond acceptors (Lipinski definition) is 4. The Balaban J connectivity index is 3.29. The van der Waals surface area contributed by atoms with Crippen LogP contribution in [0.25, 0.3) is 0 Å². The molecule has 0 atom stereocenters. The fourth-order valence-electron chi connectivity index (χ4n) is 0.818. The Kier molecular flexibility index (Phi) is 1.76. The van der Waals surface area contributed by atoms with Gasteiger partial charge in [-0.2, -0.15) is 0 Å². The highest BCUT2D eigenvalue weighted by atomic mass is 16.5. The Morgan fingerprint density at radius 2 is 2.00 bits per heavy atom. The van der Waals surface area contributed by atoms with Crippen molar-refractivity contribution in [2.75, 3.05) is 18.6 Å². The van der Waals surface area contributed by atoms with Crippen LogP contribution in [-0.2, 0) is 0 Å². The number of nitrogens with two attached hydrogens (primary N) is 2. The van der Waals surface area contributed by atoms with Crippen LogP contribution >= 0.6 is 0 Å². The zero-order valence-electron chi connectivity index (χ0n) is 6.16. The molecule has 0 saturated carbocycles. The fraction of sp³-hybridized carbons (Fsp3) is 0.143. The summed E-state index contributed by atoms with van der Waals surface area (Å²) in [6.45, 7) is 0. The van der Waals surface area contributed by atoms with Crippen LogP contribution in [0.5, 0.6) is 11.5 Å². The van der Waals surface area contributed by atoms with Crippen LogP contribution in [0.3, 0.4) is 0 Å². The first-order valence-electron chi connectivity index (χ1n) is 3.07. The van der Waals surface area contributed by atoms with E-state index in [0.717, 1.165) is 0 Å². The lowest BCUT2D eigenvalue weighted by molar-refractivity contribution is 0.375. The van der Waals surface area contributed by atoms with E-state index in [9.17, 15) is 0 Å². The van der Waals surface area contributed by atoms with Gasteiger partial charge in [0, 0.05) is 0 Å². The maximum absolute atomic E-state index is 9.16. The minimum atomic E-state index is -0.000741. The van der Waals surface area contributed by atoms with E-state index in [4.69, 9.17) is 21.3 Å². The smallest absolute Gasteiger partial charge is 0.185 e. The summed E-state index contributed by atoms with van der Waals surface area (Å²) in [5.74, 6) is 0.226. The molecule has 0 spiro atoms. The number of methoxy groups -OCH3 is 1. The van der Waals surface area contributed by atoms with Crippen molar-refractivity contribution >= 4 is 11.4 Å². The molecule has 0 fully saturated rings. The molecule has 1 aromatic rings. The van der Waals surface area contributed by atoms with Crippen LogP contribution in [0, 0.1) is 0 Å². The minimum Gasteiger partial charge on any atom is -0.504 e. The van der Waals surface area contributed by atoms with E-state index in [2.05, 4.69) is 0 Å². The first kappa shape index (κ1) is 7.53. The van der Waals surface area contributed by atoms with Crippen molar-refractivity contribution in [3.8, 4) is 11.5 Å². The molecule has 5 N–H and O–H groups in total. The predicted molar refractivity (Wildman–Crippen MR) is 43.5 cm³/mol. The maximum atomic E-state index is 9.16. The number of aromatic hydroxyl groups is 1. The number of hydrogen-bond donors (Lipinski definition) is 3. The fourth-order valence-corrected chi connectivity index (χ4v) is 0.818. The van der Waals surface area contributed by atoms with Crippen LogP contribution < -0.4 is 16.2 Å². The second-order valence-electron chi connectivity index (χ2n) is 2.12. The summed E-state index contributed by atoms with van der Waals surface area (Å²) in [5.41, 5.74) is 11.6. The Bertz CT molecular complexity index is 273. The normalized spacial score (nSPS) is 9.55. The molecule has 0 aromatic heterocycles. The number of benzene rings is 1. The number of phenols is 1. The van der Waals surface area contributed by atoms with Crippen molar-refractivity contribution in [3.63, 3.8) is 0 Å². The highest BCUT2D eigenvalue weighted by Gasteiger charge is 2.07. The largest absolute Gasteiger partial charge is 0.504 e. The lowest BCUT2D eigenvalue weighted by atomic mass is 10.2. The summed E-state index contributed by atoms with van der Waals surface area (Å²) >= 11 is 0. The van der Waals surface area contributed by atoms with Crippen LogP contribution in [-0.4, -0.2) is 12.2 Å². The van der Waals surface area contributed by atoms with Gasteiger partial charge in [0.15, 0.2) is 11.5 Å². The highest BCUT2D eigenvalue weighted by Crippen LogP contribution is 2.35. The number of anilines is 2. The average Bonchev–Trinajstić information content (AvgIpc) is 1.99. The molecule has 0 radical (unpaired) electrons. The molecule has 0 bridgehead atoms. The van der Waals surface area contributed by atoms with Gasteiger partial charge in [-0.1, -0.05) is 0 Å². The average molecular weight is 154 g/mol. The SMILES string of the molecule is COc1c(O)ccc(N)c1N. The number of nitrogen functional groups attached to an aromatic ring is 2. The molecular formula is C7H10N2O2. The van der Waals surface area contributed by atoms with E-state index >= 15 is 0 Å². The molecule has 0 saturated heterocycles. The monoisotopic (exact) mass is 154 g/mol. The van der Waals surface area contributed by atoms with Gasteiger partial charge in [0.05, 0.1) is 12.8 Å². The molecule has 0 unspecified atom stereocenters. The summed E-state index contributed by atoms with van der Waals surface area (Å²) < 4.78 is 4.80. The van der Waals surface area contributed by atoms with Crippen LogP contribution in [0.1, 0.15) is 0 Å². The zero-order chi connectivity index (χ0) is 8.43. The second kappa shape index (κ2) is 2.57. The molecule has 0 amide bonds.